The van der Waals surface area contributed by atoms with Crippen LogP contribution in [-0.2, 0) is 4.79 Å². The molecule has 2 heterocycles. The summed E-state index contributed by atoms with van der Waals surface area (Å²) < 4.78 is 5.31. The summed E-state index contributed by atoms with van der Waals surface area (Å²) in [6, 6.07) is 13.6. The minimum Gasteiger partial charge on any atom is -0.477 e. The molecule has 0 unspecified atom stereocenters. The summed E-state index contributed by atoms with van der Waals surface area (Å²) >= 11 is 0. The van der Waals surface area contributed by atoms with Gasteiger partial charge in [0.2, 0.25) is 11.8 Å². The maximum absolute atomic E-state index is 12.3. The van der Waals surface area contributed by atoms with Crippen LogP contribution in [0.3, 0.4) is 0 Å². The molecule has 25 heavy (non-hydrogen) atoms. The Morgan fingerprint density at radius 3 is 2.48 bits per heavy atom. The van der Waals surface area contributed by atoms with E-state index in [1.54, 1.807) is 6.08 Å². The van der Waals surface area contributed by atoms with Crippen LogP contribution in [0.15, 0.2) is 48.5 Å². The van der Waals surface area contributed by atoms with Crippen molar-refractivity contribution in [1.29, 1.82) is 0 Å². The van der Waals surface area contributed by atoms with Crippen molar-refractivity contribution in [3.8, 4) is 5.88 Å². The molecule has 6 nitrogen and oxygen atoms in total. The minimum atomic E-state index is 0.0429. The van der Waals surface area contributed by atoms with E-state index in [0.717, 1.165) is 24.5 Å². The smallest absolute Gasteiger partial charge is 0.246 e. The Hall–Kier alpha value is -2.89. The molecule has 1 aromatic heterocycles. The summed E-state index contributed by atoms with van der Waals surface area (Å²) in [7, 11) is 0. The van der Waals surface area contributed by atoms with Gasteiger partial charge in [0, 0.05) is 38.3 Å². The van der Waals surface area contributed by atoms with Crippen molar-refractivity contribution in [1.82, 2.24) is 15.1 Å². The van der Waals surface area contributed by atoms with Crippen LogP contribution in [0.1, 0.15) is 12.5 Å². The van der Waals surface area contributed by atoms with Gasteiger partial charge in [0.1, 0.15) is 0 Å². The van der Waals surface area contributed by atoms with Gasteiger partial charge in [0.15, 0.2) is 5.82 Å². The lowest BCUT2D eigenvalue weighted by Gasteiger charge is -2.34. The summed E-state index contributed by atoms with van der Waals surface area (Å²) in [6.07, 6.45) is 3.49. The molecule has 1 aliphatic heterocycles. The molecule has 1 fully saturated rings. The molecule has 6 heteroatoms. The van der Waals surface area contributed by atoms with Gasteiger partial charge in [-0.3, -0.25) is 4.79 Å². The Bertz CT molecular complexity index is 708. The Kier molecular flexibility index (Phi) is 5.61. The quantitative estimate of drug-likeness (QED) is 0.783. The number of carbonyl (C=O) groups excluding carboxylic acids is 1. The molecule has 3 rings (SSSR count). The molecule has 1 aliphatic rings. The number of carbonyl (C=O) groups is 1. The van der Waals surface area contributed by atoms with Crippen molar-refractivity contribution in [3.05, 3.63) is 54.1 Å². The molecule has 0 bridgehead atoms. The molecule has 1 saturated heterocycles. The second-order valence-corrected chi connectivity index (χ2v) is 5.72. The summed E-state index contributed by atoms with van der Waals surface area (Å²) in [6.45, 7) is 5.32. The second-order valence-electron chi connectivity index (χ2n) is 5.72. The predicted molar refractivity (Wildman–Crippen MR) is 97.5 cm³/mol. The van der Waals surface area contributed by atoms with Crippen molar-refractivity contribution in [2.45, 2.75) is 6.92 Å². The Morgan fingerprint density at radius 2 is 1.84 bits per heavy atom. The third-order valence-corrected chi connectivity index (χ3v) is 4.05. The maximum atomic E-state index is 12.3. The Balaban J connectivity index is 1.52. The van der Waals surface area contributed by atoms with E-state index in [4.69, 9.17) is 4.74 Å². The number of piperazine rings is 1. The highest BCUT2D eigenvalue weighted by molar-refractivity contribution is 5.91. The predicted octanol–water partition coefficient (Wildman–Crippen LogP) is 2.24. The van der Waals surface area contributed by atoms with Gasteiger partial charge in [-0.2, -0.15) is 0 Å². The van der Waals surface area contributed by atoms with Crippen molar-refractivity contribution in [2.24, 2.45) is 0 Å². The average molecular weight is 338 g/mol. The fraction of sp³-hybridized carbons (Fsp3) is 0.316. The van der Waals surface area contributed by atoms with Gasteiger partial charge in [-0.25, -0.2) is 0 Å². The van der Waals surface area contributed by atoms with Gasteiger partial charge >= 0.3 is 0 Å². The zero-order valence-corrected chi connectivity index (χ0v) is 14.3. The molecular weight excluding hydrogens is 316 g/mol. The normalized spacial score (nSPS) is 14.8. The van der Waals surface area contributed by atoms with Gasteiger partial charge in [-0.15, -0.1) is 10.2 Å². The van der Waals surface area contributed by atoms with Gasteiger partial charge in [0.05, 0.1) is 6.61 Å². The average Bonchev–Trinajstić information content (AvgIpc) is 2.68. The first-order chi connectivity index (χ1) is 12.3. The third kappa shape index (κ3) is 4.56. The number of anilines is 1. The van der Waals surface area contributed by atoms with E-state index in [1.807, 2.05) is 60.4 Å². The van der Waals surface area contributed by atoms with Crippen molar-refractivity contribution in [3.63, 3.8) is 0 Å². The third-order valence-electron chi connectivity index (χ3n) is 4.05. The molecule has 0 atom stereocenters. The fourth-order valence-electron chi connectivity index (χ4n) is 2.70. The fourth-order valence-corrected chi connectivity index (χ4v) is 2.70. The van der Waals surface area contributed by atoms with Crippen LogP contribution in [0.5, 0.6) is 5.88 Å². The number of hydrogen-bond acceptors (Lipinski definition) is 5. The zero-order chi connectivity index (χ0) is 17.5. The lowest BCUT2D eigenvalue weighted by Crippen LogP contribution is -2.48. The number of benzene rings is 1. The lowest BCUT2D eigenvalue weighted by atomic mass is 10.2. The number of rotatable bonds is 5. The van der Waals surface area contributed by atoms with Crippen LogP contribution >= 0.6 is 0 Å². The van der Waals surface area contributed by atoms with E-state index in [0.29, 0.717) is 25.6 Å². The highest BCUT2D eigenvalue weighted by Crippen LogP contribution is 2.15. The number of aromatic nitrogens is 2. The Morgan fingerprint density at radius 1 is 1.08 bits per heavy atom. The molecule has 130 valence electrons. The van der Waals surface area contributed by atoms with Crippen LogP contribution in [0, 0.1) is 0 Å². The van der Waals surface area contributed by atoms with E-state index in [1.165, 1.54) is 0 Å². The van der Waals surface area contributed by atoms with Gasteiger partial charge < -0.3 is 14.5 Å². The zero-order valence-electron chi connectivity index (χ0n) is 14.3. The largest absolute Gasteiger partial charge is 0.477 e. The lowest BCUT2D eigenvalue weighted by molar-refractivity contribution is -0.126. The number of amides is 1. The summed E-state index contributed by atoms with van der Waals surface area (Å²) in [4.78, 5) is 16.3. The first-order valence-electron chi connectivity index (χ1n) is 8.50. The second kappa shape index (κ2) is 8.28. The number of nitrogens with zero attached hydrogens (tertiary/aromatic N) is 4. The first-order valence-corrected chi connectivity index (χ1v) is 8.50. The van der Waals surface area contributed by atoms with E-state index in [2.05, 4.69) is 15.1 Å². The van der Waals surface area contributed by atoms with Gasteiger partial charge in [-0.05, 0) is 24.6 Å². The molecule has 1 aromatic carbocycles. The van der Waals surface area contributed by atoms with Crippen molar-refractivity contribution in [2.75, 3.05) is 37.7 Å². The topological polar surface area (TPSA) is 58.6 Å². The SMILES string of the molecule is CCOc1ccc(N2CCN(C(=O)C=Cc3ccccc3)CC2)nn1. The van der Waals surface area contributed by atoms with Gasteiger partial charge in [-0.1, -0.05) is 30.3 Å². The van der Waals surface area contributed by atoms with Crippen molar-refractivity contribution < 1.29 is 9.53 Å². The maximum Gasteiger partial charge on any atom is 0.246 e. The number of hydrogen-bond donors (Lipinski definition) is 0. The van der Waals surface area contributed by atoms with Crippen LogP contribution < -0.4 is 9.64 Å². The summed E-state index contributed by atoms with van der Waals surface area (Å²) in [5.41, 5.74) is 1.03. The molecule has 0 radical (unpaired) electrons. The Labute approximate surface area is 147 Å². The van der Waals surface area contributed by atoms with Crippen molar-refractivity contribution >= 4 is 17.8 Å². The molecule has 2 aromatic rings. The van der Waals surface area contributed by atoms with Crippen LogP contribution in [-0.4, -0.2) is 53.8 Å². The molecular formula is C19H22N4O2. The van der Waals surface area contributed by atoms with Crippen LogP contribution in [0.4, 0.5) is 5.82 Å². The minimum absolute atomic E-state index is 0.0429. The summed E-state index contributed by atoms with van der Waals surface area (Å²) in [5.74, 6) is 1.39. The van der Waals surface area contributed by atoms with Crippen LogP contribution in [0.2, 0.25) is 0 Å². The molecule has 0 saturated carbocycles. The standard InChI is InChI=1S/C19H22N4O2/c1-2-25-18-10-9-17(20-21-18)22-12-14-23(15-13-22)19(24)11-8-16-6-4-3-5-7-16/h3-11H,2,12-15H2,1H3. The van der Waals surface area contributed by atoms with E-state index < -0.39 is 0 Å². The van der Waals surface area contributed by atoms with Crippen LogP contribution in [0.25, 0.3) is 6.08 Å². The van der Waals surface area contributed by atoms with Gasteiger partial charge in [0.25, 0.3) is 0 Å². The molecule has 0 aliphatic carbocycles. The number of ether oxygens (including phenoxy) is 1. The molecule has 0 N–H and O–H groups in total. The molecule has 1 amide bonds. The first kappa shape index (κ1) is 17.0. The van der Waals surface area contributed by atoms with E-state index in [-0.39, 0.29) is 5.91 Å². The summed E-state index contributed by atoms with van der Waals surface area (Å²) in [5, 5.41) is 8.26. The highest BCUT2D eigenvalue weighted by atomic mass is 16.5. The van der Waals surface area contributed by atoms with E-state index >= 15 is 0 Å². The monoisotopic (exact) mass is 338 g/mol. The molecule has 0 spiro atoms. The highest BCUT2D eigenvalue weighted by Gasteiger charge is 2.20. The van der Waals surface area contributed by atoms with E-state index in [9.17, 15) is 4.79 Å².